The standard InChI is InChI=1S/C25H28F3N3O4S/c1-4-22(36(34,35)18-8-5-16-6-9-19(23(32)33)20(16)13-18)31-12-11-30(15-24(31,2)3)21-10-7-17(14-29-21)25(26,27)28/h4-5,7-8,10,13-14,19,22H,1,6,9,11-12,15H2,2-3H3,(H,32,33). The van der Waals surface area contributed by atoms with E-state index in [4.69, 9.17) is 0 Å². The van der Waals surface area contributed by atoms with Gasteiger partial charge in [0.25, 0.3) is 0 Å². The third-order valence-corrected chi connectivity index (χ3v) is 9.01. The number of anilines is 1. The first kappa shape index (κ1) is 26.2. The summed E-state index contributed by atoms with van der Waals surface area (Å²) in [5.74, 6) is -1.32. The molecule has 36 heavy (non-hydrogen) atoms. The summed E-state index contributed by atoms with van der Waals surface area (Å²) in [5, 5.41) is 8.44. The van der Waals surface area contributed by atoms with E-state index in [-0.39, 0.29) is 4.90 Å². The Labute approximate surface area is 208 Å². The van der Waals surface area contributed by atoms with Gasteiger partial charge in [-0.1, -0.05) is 12.1 Å². The number of fused-ring (bicyclic) bond motifs is 1. The SMILES string of the molecule is C=CC(N1CCN(c2ccc(C(F)(F)F)cn2)CC1(C)C)S(=O)(=O)c1ccc2c(c1)C(C(=O)O)CC2. The fourth-order valence-electron chi connectivity index (χ4n) is 5.15. The van der Waals surface area contributed by atoms with E-state index < -0.39 is 44.4 Å². The third kappa shape index (κ3) is 4.73. The topological polar surface area (TPSA) is 90.8 Å². The number of aryl methyl sites for hydroxylation is 1. The highest BCUT2D eigenvalue weighted by Crippen LogP contribution is 2.37. The molecule has 7 nitrogen and oxygen atoms in total. The third-order valence-electron chi connectivity index (χ3n) is 7.01. The van der Waals surface area contributed by atoms with Crippen LogP contribution in [-0.4, -0.2) is 59.9 Å². The number of aliphatic carboxylic acids is 1. The van der Waals surface area contributed by atoms with Gasteiger partial charge >= 0.3 is 12.1 Å². The smallest absolute Gasteiger partial charge is 0.417 e. The van der Waals surface area contributed by atoms with Crippen molar-refractivity contribution in [3.8, 4) is 0 Å². The Kier molecular flexibility index (Phi) is 6.67. The molecule has 1 aliphatic carbocycles. The highest BCUT2D eigenvalue weighted by atomic mass is 32.2. The van der Waals surface area contributed by atoms with Gasteiger partial charge in [0.2, 0.25) is 0 Å². The average Bonchev–Trinajstić information content (AvgIpc) is 3.23. The summed E-state index contributed by atoms with van der Waals surface area (Å²) in [5.41, 5.74) is -0.158. The molecule has 1 N–H and O–H groups in total. The van der Waals surface area contributed by atoms with Gasteiger partial charge < -0.3 is 10.0 Å². The molecule has 4 rings (SSSR count). The van der Waals surface area contributed by atoms with Crippen LogP contribution in [0, 0.1) is 0 Å². The molecule has 2 unspecified atom stereocenters. The first-order valence-electron chi connectivity index (χ1n) is 11.5. The van der Waals surface area contributed by atoms with Crippen LogP contribution in [0.5, 0.6) is 0 Å². The summed E-state index contributed by atoms with van der Waals surface area (Å²) < 4.78 is 66.1. The Morgan fingerprint density at radius 1 is 1.25 bits per heavy atom. The number of aromatic nitrogens is 1. The van der Waals surface area contributed by atoms with Gasteiger partial charge in [-0.25, -0.2) is 13.4 Å². The summed E-state index contributed by atoms with van der Waals surface area (Å²) >= 11 is 0. The van der Waals surface area contributed by atoms with Crippen molar-refractivity contribution in [2.45, 2.75) is 54.6 Å². The van der Waals surface area contributed by atoms with E-state index in [1.165, 1.54) is 24.3 Å². The molecule has 0 saturated carbocycles. The number of piperazine rings is 1. The van der Waals surface area contributed by atoms with Gasteiger partial charge in [-0.3, -0.25) is 9.69 Å². The molecule has 1 aromatic heterocycles. The normalized spacial score (nSPS) is 21.1. The first-order valence-corrected chi connectivity index (χ1v) is 13.1. The van der Waals surface area contributed by atoms with Crippen LogP contribution < -0.4 is 4.90 Å². The Bertz CT molecular complexity index is 1280. The number of carboxylic acids is 1. The lowest BCUT2D eigenvalue weighted by Gasteiger charge is -2.49. The van der Waals surface area contributed by atoms with E-state index in [0.717, 1.165) is 17.8 Å². The number of nitrogens with zero attached hydrogens (tertiary/aromatic N) is 3. The Morgan fingerprint density at radius 3 is 2.53 bits per heavy atom. The van der Waals surface area contributed by atoms with Crippen molar-refractivity contribution in [3.05, 3.63) is 65.9 Å². The van der Waals surface area contributed by atoms with Crippen molar-refractivity contribution < 1.29 is 31.5 Å². The lowest BCUT2D eigenvalue weighted by atomic mass is 9.98. The Balaban J connectivity index is 1.58. The second kappa shape index (κ2) is 9.19. The highest BCUT2D eigenvalue weighted by Gasteiger charge is 2.43. The van der Waals surface area contributed by atoms with Crippen molar-refractivity contribution >= 4 is 21.6 Å². The lowest BCUT2D eigenvalue weighted by molar-refractivity contribution is -0.139. The molecular formula is C25H28F3N3O4S. The van der Waals surface area contributed by atoms with E-state index in [1.807, 2.05) is 18.7 Å². The molecule has 2 heterocycles. The van der Waals surface area contributed by atoms with Crippen LogP contribution in [0.1, 0.15) is 42.9 Å². The van der Waals surface area contributed by atoms with Crippen LogP contribution in [0.15, 0.2) is 54.1 Å². The van der Waals surface area contributed by atoms with Crippen LogP contribution >= 0.6 is 0 Å². The minimum absolute atomic E-state index is 0.0435. The summed E-state index contributed by atoms with van der Waals surface area (Å²) in [6, 6.07) is 6.98. The maximum Gasteiger partial charge on any atom is 0.417 e. The minimum Gasteiger partial charge on any atom is -0.481 e. The quantitative estimate of drug-likeness (QED) is 0.570. The summed E-state index contributed by atoms with van der Waals surface area (Å²) in [7, 11) is -3.94. The molecule has 0 amide bonds. The molecule has 1 fully saturated rings. The van der Waals surface area contributed by atoms with Crippen molar-refractivity contribution in [3.63, 3.8) is 0 Å². The Hall–Kier alpha value is -2.92. The van der Waals surface area contributed by atoms with Gasteiger partial charge in [-0.2, -0.15) is 13.2 Å². The average molecular weight is 524 g/mol. The van der Waals surface area contributed by atoms with Crippen LogP contribution in [0.25, 0.3) is 0 Å². The number of benzene rings is 1. The molecule has 2 aromatic rings. The largest absolute Gasteiger partial charge is 0.481 e. The number of pyridine rings is 1. The lowest BCUT2D eigenvalue weighted by Crippen LogP contribution is -2.63. The number of hydrogen-bond acceptors (Lipinski definition) is 6. The second-order valence-electron chi connectivity index (χ2n) is 9.79. The van der Waals surface area contributed by atoms with Crippen molar-refractivity contribution in [1.29, 1.82) is 0 Å². The number of halogens is 3. The predicted octanol–water partition coefficient (Wildman–Crippen LogP) is 4.10. The number of hydrogen-bond donors (Lipinski definition) is 1. The zero-order chi connectivity index (χ0) is 26.5. The Morgan fingerprint density at radius 2 is 1.97 bits per heavy atom. The highest BCUT2D eigenvalue weighted by molar-refractivity contribution is 7.92. The molecule has 0 bridgehead atoms. The van der Waals surface area contributed by atoms with Gasteiger partial charge in [0, 0.05) is 31.4 Å². The molecule has 1 aromatic carbocycles. The zero-order valence-electron chi connectivity index (χ0n) is 20.0. The van der Waals surface area contributed by atoms with E-state index in [9.17, 15) is 31.5 Å². The van der Waals surface area contributed by atoms with Gasteiger partial charge in [0.05, 0.1) is 16.4 Å². The molecule has 1 saturated heterocycles. The molecule has 1 aliphatic heterocycles. The minimum atomic E-state index is -4.48. The number of alkyl halides is 3. The molecule has 11 heteroatoms. The number of rotatable bonds is 6. The molecule has 2 aliphatic rings. The van der Waals surface area contributed by atoms with Gasteiger partial charge in [0.15, 0.2) is 9.84 Å². The molecule has 2 atom stereocenters. The van der Waals surface area contributed by atoms with Gasteiger partial charge in [0.1, 0.15) is 11.2 Å². The number of carboxylic acid groups (broad SMARTS) is 1. The van der Waals surface area contributed by atoms with Gasteiger partial charge in [-0.15, -0.1) is 6.58 Å². The van der Waals surface area contributed by atoms with Crippen LogP contribution in [0.3, 0.4) is 0 Å². The maximum atomic E-state index is 13.7. The van der Waals surface area contributed by atoms with Gasteiger partial charge in [-0.05, 0) is 62.1 Å². The molecular weight excluding hydrogens is 495 g/mol. The summed E-state index contributed by atoms with van der Waals surface area (Å²) in [6.07, 6.45) is -1.29. The summed E-state index contributed by atoms with van der Waals surface area (Å²) in [4.78, 5) is 19.3. The van der Waals surface area contributed by atoms with Crippen LogP contribution in [-0.2, 0) is 27.2 Å². The predicted molar refractivity (Wildman–Crippen MR) is 129 cm³/mol. The fourth-order valence-corrected chi connectivity index (χ4v) is 6.96. The van der Waals surface area contributed by atoms with Crippen molar-refractivity contribution in [1.82, 2.24) is 9.88 Å². The zero-order valence-corrected chi connectivity index (χ0v) is 20.8. The fraction of sp³-hybridized carbons (Fsp3) is 0.440. The van der Waals surface area contributed by atoms with E-state index in [0.29, 0.717) is 43.9 Å². The number of sulfone groups is 1. The summed E-state index contributed by atoms with van der Waals surface area (Å²) in [6.45, 7) is 8.47. The number of carbonyl (C=O) groups is 1. The van der Waals surface area contributed by atoms with Crippen molar-refractivity contribution in [2.24, 2.45) is 0 Å². The van der Waals surface area contributed by atoms with Crippen molar-refractivity contribution in [2.75, 3.05) is 24.5 Å². The molecule has 0 spiro atoms. The monoisotopic (exact) mass is 523 g/mol. The maximum absolute atomic E-state index is 13.7. The first-order chi connectivity index (χ1) is 16.8. The van der Waals surface area contributed by atoms with Crippen LogP contribution in [0.2, 0.25) is 0 Å². The van der Waals surface area contributed by atoms with E-state index in [1.54, 1.807) is 11.0 Å². The molecule has 0 radical (unpaired) electrons. The second-order valence-corrected chi connectivity index (χ2v) is 11.8. The van der Waals surface area contributed by atoms with Crippen LogP contribution in [0.4, 0.5) is 19.0 Å². The van der Waals surface area contributed by atoms with E-state index in [2.05, 4.69) is 11.6 Å². The van der Waals surface area contributed by atoms with E-state index >= 15 is 0 Å². The molecule has 194 valence electrons.